The molecule has 0 amide bonds. The first-order chi connectivity index (χ1) is 10.2. The SMILES string of the molecule is Br.Br.CCCCc1c(C)c[nH]c1Cc1[nH]cc(C)c1CCCC. The summed E-state index contributed by atoms with van der Waals surface area (Å²) in [6.07, 6.45) is 12.8. The third-order valence-corrected chi connectivity index (χ3v) is 4.52. The van der Waals surface area contributed by atoms with Crippen molar-refractivity contribution in [2.75, 3.05) is 0 Å². The predicted molar refractivity (Wildman–Crippen MR) is 112 cm³/mol. The molecule has 0 aliphatic heterocycles. The molecule has 0 aliphatic rings. The first kappa shape index (κ1) is 22.5. The molecule has 0 radical (unpaired) electrons. The number of rotatable bonds is 8. The molecule has 2 rings (SSSR count). The lowest BCUT2D eigenvalue weighted by Crippen LogP contribution is -1.99. The summed E-state index contributed by atoms with van der Waals surface area (Å²) in [5.41, 5.74) is 8.70. The summed E-state index contributed by atoms with van der Waals surface area (Å²) in [6, 6.07) is 0. The fourth-order valence-corrected chi connectivity index (χ4v) is 3.11. The largest absolute Gasteiger partial charge is 0.364 e. The highest BCUT2D eigenvalue weighted by Gasteiger charge is 2.13. The second-order valence-corrected chi connectivity index (χ2v) is 6.24. The maximum atomic E-state index is 3.50. The van der Waals surface area contributed by atoms with E-state index in [-0.39, 0.29) is 34.0 Å². The lowest BCUT2D eigenvalue weighted by molar-refractivity contribution is 0.775. The van der Waals surface area contributed by atoms with E-state index >= 15 is 0 Å². The van der Waals surface area contributed by atoms with E-state index in [1.165, 1.54) is 72.2 Å². The van der Waals surface area contributed by atoms with E-state index in [2.05, 4.69) is 50.1 Å². The van der Waals surface area contributed by atoms with Crippen molar-refractivity contribution >= 4 is 34.0 Å². The van der Waals surface area contributed by atoms with Gasteiger partial charge in [0.15, 0.2) is 0 Å². The van der Waals surface area contributed by atoms with Crippen LogP contribution in [0, 0.1) is 13.8 Å². The number of H-pyrrole nitrogens is 2. The molecule has 0 aromatic carbocycles. The second-order valence-electron chi connectivity index (χ2n) is 6.24. The smallest absolute Gasteiger partial charge is 0.0284 e. The van der Waals surface area contributed by atoms with Gasteiger partial charge in [-0.05, 0) is 61.8 Å². The molecule has 2 heterocycles. The van der Waals surface area contributed by atoms with Crippen LogP contribution in [-0.2, 0) is 19.3 Å². The molecule has 0 fully saturated rings. The van der Waals surface area contributed by atoms with Crippen LogP contribution in [-0.4, -0.2) is 9.97 Å². The Kier molecular flexibility index (Phi) is 10.9. The number of halogens is 2. The summed E-state index contributed by atoms with van der Waals surface area (Å²) in [5, 5.41) is 0. The number of aryl methyl sites for hydroxylation is 2. The number of hydrogen-bond acceptors (Lipinski definition) is 0. The molecule has 23 heavy (non-hydrogen) atoms. The van der Waals surface area contributed by atoms with Crippen LogP contribution >= 0.6 is 34.0 Å². The molecule has 0 bridgehead atoms. The number of nitrogens with one attached hydrogen (secondary N) is 2. The van der Waals surface area contributed by atoms with Crippen molar-refractivity contribution in [3.63, 3.8) is 0 Å². The van der Waals surface area contributed by atoms with Crippen LogP contribution in [0.4, 0.5) is 0 Å². The maximum absolute atomic E-state index is 3.50. The minimum atomic E-state index is 0. The van der Waals surface area contributed by atoms with Crippen LogP contribution in [0.1, 0.15) is 73.2 Å². The van der Waals surface area contributed by atoms with E-state index in [4.69, 9.17) is 0 Å². The summed E-state index contributed by atoms with van der Waals surface area (Å²) in [6.45, 7) is 8.98. The van der Waals surface area contributed by atoms with Crippen LogP contribution in [0.15, 0.2) is 12.4 Å². The molecule has 2 nitrogen and oxygen atoms in total. The molecule has 2 aromatic rings. The fourth-order valence-electron chi connectivity index (χ4n) is 3.11. The third-order valence-electron chi connectivity index (χ3n) is 4.52. The Hall–Kier alpha value is -0.480. The zero-order valence-electron chi connectivity index (χ0n) is 14.9. The van der Waals surface area contributed by atoms with E-state index in [1.54, 1.807) is 0 Å². The Balaban J connectivity index is 0.00000242. The van der Waals surface area contributed by atoms with Crippen LogP contribution in [0.3, 0.4) is 0 Å². The van der Waals surface area contributed by atoms with Gasteiger partial charge in [-0.25, -0.2) is 0 Å². The van der Waals surface area contributed by atoms with Crippen LogP contribution in [0.2, 0.25) is 0 Å². The van der Waals surface area contributed by atoms with Gasteiger partial charge in [0.2, 0.25) is 0 Å². The second kappa shape index (κ2) is 11.1. The Bertz CT molecular complexity index is 520. The third kappa shape index (κ3) is 5.82. The predicted octanol–water partition coefficient (Wildman–Crippen LogP) is 6.39. The summed E-state index contributed by atoms with van der Waals surface area (Å²) in [7, 11) is 0. The summed E-state index contributed by atoms with van der Waals surface area (Å²) in [4.78, 5) is 7.01. The quantitative estimate of drug-likeness (QED) is 0.469. The first-order valence-corrected chi connectivity index (χ1v) is 8.48. The van der Waals surface area contributed by atoms with Gasteiger partial charge in [0.25, 0.3) is 0 Å². The van der Waals surface area contributed by atoms with Crippen molar-refractivity contribution in [1.82, 2.24) is 9.97 Å². The van der Waals surface area contributed by atoms with E-state index in [0.29, 0.717) is 0 Å². The van der Waals surface area contributed by atoms with Gasteiger partial charge < -0.3 is 9.97 Å². The van der Waals surface area contributed by atoms with Crippen molar-refractivity contribution in [3.8, 4) is 0 Å². The summed E-state index contributed by atoms with van der Waals surface area (Å²) >= 11 is 0. The lowest BCUT2D eigenvalue weighted by atomic mass is 9.99. The normalized spacial score (nSPS) is 10.3. The number of aromatic amines is 2. The standard InChI is InChI=1S/C19H30N2.2BrH/c1-5-7-9-16-14(3)12-20-18(16)11-19-17(10-8-6-2)15(4)13-21-19;;/h12-13,20-21H,5-11H2,1-4H3;2*1H. The van der Waals surface area contributed by atoms with Gasteiger partial charge >= 0.3 is 0 Å². The molecule has 0 atom stereocenters. The van der Waals surface area contributed by atoms with Crippen molar-refractivity contribution in [2.24, 2.45) is 0 Å². The minimum Gasteiger partial charge on any atom is -0.364 e. The molecular weight excluding hydrogens is 416 g/mol. The summed E-state index contributed by atoms with van der Waals surface area (Å²) in [5.74, 6) is 0. The van der Waals surface area contributed by atoms with E-state index in [0.717, 1.165) is 6.42 Å². The zero-order valence-corrected chi connectivity index (χ0v) is 18.3. The monoisotopic (exact) mass is 446 g/mol. The average molecular weight is 448 g/mol. The first-order valence-electron chi connectivity index (χ1n) is 8.48. The van der Waals surface area contributed by atoms with Gasteiger partial charge in [-0.15, -0.1) is 34.0 Å². The number of hydrogen-bond donors (Lipinski definition) is 2. The lowest BCUT2D eigenvalue weighted by Gasteiger charge is -2.08. The van der Waals surface area contributed by atoms with E-state index < -0.39 is 0 Å². The maximum Gasteiger partial charge on any atom is 0.0284 e. The molecule has 2 aromatic heterocycles. The summed E-state index contributed by atoms with van der Waals surface area (Å²) < 4.78 is 0. The Labute approximate surface area is 162 Å². The van der Waals surface area contributed by atoms with E-state index in [1.807, 2.05) is 0 Å². The van der Waals surface area contributed by atoms with Crippen molar-refractivity contribution < 1.29 is 0 Å². The van der Waals surface area contributed by atoms with Gasteiger partial charge in [-0.2, -0.15) is 0 Å². The van der Waals surface area contributed by atoms with Gasteiger partial charge in [-0.1, -0.05) is 26.7 Å². The molecule has 0 unspecified atom stereocenters. The fraction of sp³-hybridized carbons (Fsp3) is 0.579. The van der Waals surface area contributed by atoms with Gasteiger partial charge in [0.05, 0.1) is 0 Å². The highest BCUT2D eigenvalue weighted by Crippen LogP contribution is 2.23. The molecule has 4 heteroatoms. The van der Waals surface area contributed by atoms with Crippen LogP contribution in [0.25, 0.3) is 0 Å². The Morgan fingerprint density at radius 3 is 1.48 bits per heavy atom. The van der Waals surface area contributed by atoms with Crippen LogP contribution in [0.5, 0.6) is 0 Å². The van der Waals surface area contributed by atoms with Gasteiger partial charge in [0.1, 0.15) is 0 Å². The van der Waals surface area contributed by atoms with E-state index in [9.17, 15) is 0 Å². The van der Waals surface area contributed by atoms with Crippen LogP contribution < -0.4 is 0 Å². The zero-order chi connectivity index (χ0) is 15.2. The molecular formula is C19H32Br2N2. The molecule has 0 saturated carbocycles. The number of aromatic nitrogens is 2. The topological polar surface area (TPSA) is 31.6 Å². The van der Waals surface area contributed by atoms with Crippen molar-refractivity contribution in [3.05, 3.63) is 46.0 Å². The molecule has 2 N–H and O–H groups in total. The molecule has 0 aliphatic carbocycles. The Morgan fingerprint density at radius 2 is 1.13 bits per heavy atom. The molecule has 0 saturated heterocycles. The van der Waals surface area contributed by atoms with Crippen molar-refractivity contribution in [2.45, 2.75) is 72.6 Å². The van der Waals surface area contributed by atoms with Gasteiger partial charge in [-0.3, -0.25) is 0 Å². The molecule has 0 spiro atoms. The average Bonchev–Trinajstić information content (AvgIpc) is 2.99. The minimum absolute atomic E-state index is 0. The molecule has 132 valence electrons. The highest BCUT2D eigenvalue weighted by atomic mass is 79.9. The number of unbranched alkanes of at least 4 members (excludes halogenated alkanes) is 2. The highest BCUT2D eigenvalue weighted by molar-refractivity contribution is 8.93. The Morgan fingerprint density at radius 1 is 0.739 bits per heavy atom. The van der Waals surface area contributed by atoms with Crippen molar-refractivity contribution in [1.29, 1.82) is 0 Å². The van der Waals surface area contributed by atoms with Gasteiger partial charge in [0, 0.05) is 30.2 Å².